The number of aromatic nitrogens is 1. The molecule has 1 aliphatic rings. The highest BCUT2D eigenvalue weighted by molar-refractivity contribution is 7.22. The van der Waals surface area contributed by atoms with Crippen LogP contribution in [0.25, 0.3) is 10.2 Å². The van der Waals surface area contributed by atoms with Crippen molar-refractivity contribution in [2.24, 2.45) is 0 Å². The molecule has 0 atom stereocenters. The molecule has 148 valence electrons. The van der Waals surface area contributed by atoms with E-state index >= 15 is 0 Å². The second-order valence-corrected chi connectivity index (χ2v) is 8.43. The SMILES string of the molecule is O=C(c1cccs1)N(CCCN1CCOCC1)c1nc2c(F)cc(F)cc2s1. The second-order valence-electron chi connectivity index (χ2n) is 6.47. The minimum atomic E-state index is -0.714. The lowest BCUT2D eigenvalue weighted by molar-refractivity contribution is 0.0376. The molecule has 0 saturated carbocycles. The molecule has 1 fully saturated rings. The lowest BCUT2D eigenvalue weighted by atomic mass is 10.3. The van der Waals surface area contributed by atoms with E-state index in [4.69, 9.17) is 4.74 Å². The van der Waals surface area contributed by atoms with E-state index in [0.717, 1.165) is 56.7 Å². The fourth-order valence-electron chi connectivity index (χ4n) is 3.16. The quantitative estimate of drug-likeness (QED) is 0.601. The van der Waals surface area contributed by atoms with Crippen LogP contribution in [0.4, 0.5) is 13.9 Å². The number of carbonyl (C=O) groups is 1. The molecule has 9 heteroatoms. The Morgan fingerprint density at radius 2 is 2.11 bits per heavy atom. The molecule has 2 aromatic heterocycles. The molecular weight excluding hydrogens is 404 g/mol. The average molecular weight is 424 g/mol. The number of fused-ring (bicyclic) bond motifs is 1. The molecule has 5 nitrogen and oxygen atoms in total. The fourth-order valence-corrected chi connectivity index (χ4v) is 4.86. The Balaban J connectivity index is 1.57. The Hall–Kier alpha value is -1.94. The Labute approximate surface area is 169 Å². The molecule has 0 aliphatic carbocycles. The smallest absolute Gasteiger partial charge is 0.270 e. The van der Waals surface area contributed by atoms with Gasteiger partial charge < -0.3 is 4.74 Å². The van der Waals surface area contributed by atoms with Crippen molar-refractivity contribution in [2.75, 3.05) is 44.3 Å². The van der Waals surface area contributed by atoms with Crippen LogP contribution in [0.15, 0.2) is 29.6 Å². The number of halogens is 2. The number of thiazole rings is 1. The number of hydrogen-bond donors (Lipinski definition) is 0. The van der Waals surface area contributed by atoms with Crippen LogP contribution >= 0.6 is 22.7 Å². The van der Waals surface area contributed by atoms with Gasteiger partial charge in [0.25, 0.3) is 5.91 Å². The summed E-state index contributed by atoms with van der Waals surface area (Å²) < 4.78 is 33.4. The van der Waals surface area contributed by atoms with Crippen LogP contribution in [-0.2, 0) is 4.74 Å². The first-order valence-corrected chi connectivity index (χ1v) is 10.7. The van der Waals surface area contributed by atoms with E-state index in [-0.39, 0.29) is 11.4 Å². The maximum atomic E-state index is 14.1. The highest BCUT2D eigenvalue weighted by Crippen LogP contribution is 2.32. The summed E-state index contributed by atoms with van der Waals surface area (Å²) in [5.41, 5.74) is 0.0959. The number of ether oxygens (including phenoxy) is 1. The average Bonchev–Trinajstić information content (AvgIpc) is 3.35. The molecular formula is C19H19F2N3O2S2. The van der Waals surface area contributed by atoms with Crippen molar-refractivity contribution in [1.29, 1.82) is 0 Å². The van der Waals surface area contributed by atoms with Gasteiger partial charge in [0.2, 0.25) is 0 Å². The van der Waals surface area contributed by atoms with Crippen LogP contribution in [0.2, 0.25) is 0 Å². The van der Waals surface area contributed by atoms with Gasteiger partial charge in [-0.15, -0.1) is 11.3 Å². The van der Waals surface area contributed by atoms with Gasteiger partial charge in [-0.1, -0.05) is 17.4 Å². The largest absolute Gasteiger partial charge is 0.379 e. The van der Waals surface area contributed by atoms with Crippen molar-refractivity contribution in [2.45, 2.75) is 6.42 Å². The van der Waals surface area contributed by atoms with Gasteiger partial charge in [0, 0.05) is 32.2 Å². The Bertz CT molecular complexity index is 956. The zero-order valence-corrected chi connectivity index (χ0v) is 16.7. The van der Waals surface area contributed by atoms with E-state index in [9.17, 15) is 13.6 Å². The molecule has 1 amide bonds. The van der Waals surface area contributed by atoms with Crippen LogP contribution in [0, 0.1) is 11.6 Å². The van der Waals surface area contributed by atoms with Crippen LogP contribution in [0.5, 0.6) is 0 Å². The Kier molecular flexibility index (Phi) is 5.96. The van der Waals surface area contributed by atoms with Gasteiger partial charge in [0.1, 0.15) is 11.3 Å². The molecule has 1 aromatic carbocycles. The van der Waals surface area contributed by atoms with E-state index in [2.05, 4.69) is 9.88 Å². The number of anilines is 1. The summed E-state index contributed by atoms with van der Waals surface area (Å²) in [6.45, 7) is 4.50. The molecule has 0 radical (unpaired) electrons. The normalized spacial score (nSPS) is 15.2. The lowest BCUT2D eigenvalue weighted by Crippen LogP contribution is -2.39. The number of carbonyl (C=O) groups excluding carboxylic acids is 1. The number of benzene rings is 1. The van der Waals surface area contributed by atoms with E-state index < -0.39 is 11.6 Å². The molecule has 0 spiro atoms. The zero-order valence-electron chi connectivity index (χ0n) is 15.1. The van der Waals surface area contributed by atoms with Gasteiger partial charge in [0.05, 0.1) is 22.8 Å². The van der Waals surface area contributed by atoms with E-state index in [1.54, 1.807) is 11.0 Å². The fraction of sp³-hybridized carbons (Fsp3) is 0.368. The highest BCUT2D eigenvalue weighted by atomic mass is 32.1. The monoisotopic (exact) mass is 423 g/mol. The first kappa shape index (κ1) is 19.4. The Morgan fingerprint density at radius 3 is 2.86 bits per heavy atom. The van der Waals surface area contributed by atoms with Crippen molar-refractivity contribution in [3.05, 3.63) is 46.2 Å². The van der Waals surface area contributed by atoms with Gasteiger partial charge in [-0.05, 0) is 23.9 Å². The van der Waals surface area contributed by atoms with Crippen LogP contribution in [0.1, 0.15) is 16.1 Å². The number of rotatable bonds is 6. The molecule has 28 heavy (non-hydrogen) atoms. The molecule has 4 rings (SSSR count). The maximum absolute atomic E-state index is 14.1. The van der Waals surface area contributed by atoms with E-state index in [1.807, 2.05) is 11.4 Å². The molecule has 0 unspecified atom stereocenters. The minimum absolute atomic E-state index is 0.0959. The first-order valence-electron chi connectivity index (χ1n) is 9.03. The number of morpholine rings is 1. The summed E-state index contributed by atoms with van der Waals surface area (Å²) in [6.07, 6.45) is 0.754. The molecule has 1 aliphatic heterocycles. The Morgan fingerprint density at radius 1 is 1.29 bits per heavy atom. The summed E-state index contributed by atoms with van der Waals surface area (Å²) in [4.78, 5) is 21.8. The predicted molar refractivity (Wildman–Crippen MR) is 107 cm³/mol. The van der Waals surface area contributed by atoms with Crippen LogP contribution in [-0.4, -0.2) is 55.2 Å². The third-order valence-electron chi connectivity index (χ3n) is 4.57. The number of thiophene rings is 1. The first-order chi connectivity index (χ1) is 13.6. The molecule has 0 N–H and O–H groups in total. The summed E-state index contributed by atoms with van der Waals surface area (Å²) in [5.74, 6) is -1.53. The van der Waals surface area contributed by atoms with Gasteiger partial charge in [0.15, 0.2) is 10.9 Å². The number of hydrogen-bond acceptors (Lipinski definition) is 6. The predicted octanol–water partition coefficient (Wildman–Crippen LogP) is 4.01. The van der Waals surface area contributed by atoms with Crippen molar-refractivity contribution in [3.63, 3.8) is 0 Å². The van der Waals surface area contributed by atoms with Crippen molar-refractivity contribution in [1.82, 2.24) is 9.88 Å². The third-order valence-corrected chi connectivity index (χ3v) is 6.45. The van der Waals surface area contributed by atoms with Gasteiger partial charge in [-0.25, -0.2) is 13.8 Å². The zero-order chi connectivity index (χ0) is 19.5. The summed E-state index contributed by atoms with van der Waals surface area (Å²) in [7, 11) is 0. The van der Waals surface area contributed by atoms with Crippen LogP contribution in [0.3, 0.4) is 0 Å². The maximum Gasteiger partial charge on any atom is 0.270 e. The number of amides is 1. The highest BCUT2D eigenvalue weighted by Gasteiger charge is 2.23. The molecule has 3 heterocycles. The van der Waals surface area contributed by atoms with E-state index in [0.29, 0.717) is 21.3 Å². The van der Waals surface area contributed by atoms with Crippen LogP contribution < -0.4 is 4.90 Å². The lowest BCUT2D eigenvalue weighted by Gasteiger charge is -2.27. The number of nitrogens with zero attached hydrogens (tertiary/aromatic N) is 3. The van der Waals surface area contributed by atoms with Gasteiger partial charge in [-0.3, -0.25) is 14.6 Å². The summed E-state index contributed by atoms with van der Waals surface area (Å²) in [6, 6.07) is 5.64. The van der Waals surface area contributed by atoms with E-state index in [1.165, 1.54) is 17.4 Å². The topological polar surface area (TPSA) is 45.7 Å². The standard InChI is InChI=1S/C19H19F2N3O2S2/c20-13-11-14(21)17-16(12-13)28-19(22-17)24(18(25)15-3-1-10-27-15)5-2-4-23-6-8-26-9-7-23/h1,3,10-12H,2,4-9H2. The molecule has 0 bridgehead atoms. The van der Waals surface area contributed by atoms with Crippen molar-refractivity contribution in [3.8, 4) is 0 Å². The van der Waals surface area contributed by atoms with Gasteiger partial charge in [-0.2, -0.15) is 0 Å². The minimum Gasteiger partial charge on any atom is -0.379 e. The summed E-state index contributed by atoms with van der Waals surface area (Å²) >= 11 is 2.48. The molecule has 3 aromatic rings. The second kappa shape index (κ2) is 8.60. The molecule has 1 saturated heterocycles. The summed E-state index contributed by atoms with van der Waals surface area (Å²) in [5, 5.41) is 2.23. The van der Waals surface area contributed by atoms with Crippen molar-refractivity contribution >= 4 is 43.9 Å². The van der Waals surface area contributed by atoms with Gasteiger partial charge >= 0.3 is 0 Å². The van der Waals surface area contributed by atoms with Crippen molar-refractivity contribution < 1.29 is 18.3 Å². The third kappa shape index (κ3) is 4.22.